The number of aromatic nitrogens is 2. The van der Waals surface area contributed by atoms with E-state index in [1.165, 1.54) is 0 Å². The molecule has 108 valence electrons. The van der Waals surface area contributed by atoms with Crippen LogP contribution in [0.2, 0.25) is 0 Å². The van der Waals surface area contributed by atoms with E-state index in [9.17, 15) is 4.79 Å². The van der Waals surface area contributed by atoms with Crippen molar-refractivity contribution < 1.29 is 9.53 Å². The summed E-state index contributed by atoms with van der Waals surface area (Å²) in [6.45, 7) is 0. The fourth-order valence-electron chi connectivity index (χ4n) is 2.26. The van der Waals surface area contributed by atoms with Crippen molar-refractivity contribution in [2.75, 3.05) is 7.11 Å². The number of ether oxygens (including phenoxy) is 1. The molecule has 22 heavy (non-hydrogen) atoms. The molecule has 4 nitrogen and oxygen atoms in total. The highest BCUT2D eigenvalue weighted by Gasteiger charge is 2.21. The van der Waals surface area contributed by atoms with Gasteiger partial charge >= 0.3 is 0 Å². The first-order valence-corrected chi connectivity index (χ1v) is 6.85. The highest BCUT2D eigenvalue weighted by molar-refractivity contribution is 6.13. The van der Waals surface area contributed by atoms with Gasteiger partial charge in [0.2, 0.25) is 0 Å². The lowest BCUT2D eigenvalue weighted by Crippen LogP contribution is -2.08. The summed E-state index contributed by atoms with van der Waals surface area (Å²) in [5.74, 6) is 0.357. The second-order valence-electron chi connectivity index (χ2n) is 4.65. The summed E-state index contributed by atoms with van der Waals surface area (Å²) in [5.41, 5.74) is 2.18. The molecule has 3 rings (SSSR count). The Kier molecular flexibility index (Phi) is 3.92. The van der Waals surface area contributed by atoms with Crippen molar-refractivity contribution in [2.45, 2.75) is 0 Å². The Morgan fingerprint density at radius 2 is 1.68 bits per heavy atom. The summed E-state index contributed by atoms with van der Waals surface area (Å²) >= 11 is 0. The van der Waals surface area contributed by atoms with Crippen molar-refractivity contribution in [1.29, 1.82) is 0 Å². The Hall–Kier alpha value is -3.01. The van der Waals surface area contributed by atoms with Crippen LogP contribution in [-0.2, 0) is 0 Å². The van der Waals surface area contributed by atoms with Gasteiger partial charge in [0.1, 0.15) is 11.4 Å². The number of benzene rings is 1. The van der Waals surface area contributed by atoms with E-state index in [1.54, 1.807) is 37.7 Å². The molecule has 0 aliphatic rings. The average Bonchev–Trinajstić information content (AvgIpc) is 2.62. The van der Waals surface area contributed by atoms with Gasteiger partial charge in [-0.05, 0) is 18.2 Å². The molecule has 2 heterocycles. The Balaban J connectivity index is 2.19. The minimum absolute atomic E-state index is 0.133. The van der Waals surface area contributed by atoms with Crippen molar-refractivity contribution >= 4 is 5.78 Å². The zero-order chi connectivity index (χ0) is 15.4. The second kappa shape index (κ2) is 6.18. The predicted molar refractivity (Wildman–Crippen MR) is 83.9 cm³/mol. The van der Waals surface area contributed by atoms with E-state index in [0.717, 1.165) is 0 Å². The van der Waals surface area contributed by atoms with Crippen molar-refractivity contribution in [3.05, 3.63) is 78.1 Å². The lowest BCUT2D eigenvalue weighted by atomic mass is 9.99. The second-order valence-corrected chi connectivity index (χ2v) is 4.65. The molecule has 0 bridgehead atoms. The van der Waals surface area contributed by atoms with E-state index in [2.05, 4.69) is 9.97 Å². The number of pyridine rings is 2. The van der Waals surface area contributed by atoms with Crippen LogP contribution < -0.4 is 4.74 Å². The first-order valence-electron chi connectivity index (χ1n) is 6.85. The van der Waals surface area contributed by atoms with Crippen LogP contribution in [0.5, 0.6) is 5.75 Å². The molecule has 4 heteroatoms. The van der Waals surface area contributed by atoms with Crippen LogP contribution in [0, 0.1) is 0 Å². The molecule has 0 radical (unpaired) electrons. The van der Waals surface area contributed by atoms with E-state index in [0.29, 0.717) is 28.3 Å². The van der Waals surface area contributed by atoms with Crippen LogP contribution in [0.25, 0.3) is 11.4 Å². The summed E-state index contributed by atoms with van der Waals surface area (Å²) in [4.78, 5) is 21.5. The number of rotatable bonds is 4. The molecule has 0 unspecified atom stereocenters. The summed E-state index contributed by atoms with van der Waals surface area (Å²) in [6.07, 6.45) is 3.29. The lowest BCUT2D eigenvalue weighted by Gasteiger charge is -2.11. The fraction of sp³-hybridized carbons (Fsp3) is 0.0556. The number of nitrogens with zero attached hydrogens (tertiary/aromatic N) is 2. The number of carbonyl (C=O) groups is 1. The topological polar surface area (TPSA) is 52.1 Å². The van der Waals surface area contributed by atoms with Crippen molar-refractivity contribution in [1.82, 2.24) is 9.97 Å². The normalized spacial score (nSPS) is 10.2. The van der Waals surface area contributed by atoms with Crippen LogP contribution in [0.1, 0.15) is 15.9 Å². The average molecular weight is 290 g/mol. The molecule has 1 aromatic carbocycles. The van der Waals surface area contributed by atoms with Crippen LogP contribution in [-0.4, -0.2) is 22.9 Å². The Labute approximate surface area is 128 Å². The van der Waals surface area contributed by atoms with Crippen LogP contribution in [0.15, 0.2) is 67.0 Å². The van der Waals surface area contributed by atoms with E-state index >= 15 is 0 Å². The first kappa shape index (κ1) is 13.9. The van der Waals surface area contributed by atoms with E-state index < -0.39 is 0 Å². The Bertz CT molecular complexity index is 787. The zero-order valence-electron chi connectivity index (χ0n) is 12.1. The van der Waals surface area contributed by atoms with Gasteiger partial charge in [0.15, 0.2) is 5.78 Å². The van der Waals surface area contributed by atoms with E-state index in [-0.39, 0.29) is 5.78 Å². The molecule has 0 spiro atoms. The molecule has 0 amide bonds. The Morgan fingerprint density at radius 1 is 0.909 bits per heavy atom. The standard InChI is InChI=1S/C18H14N2O2/c1-22-15-10-12-20-17(14-9-5-6-11-19-14)16(15)18(21)13-7-3-2-4-8-13/h2-12H,1H3. The minimum atomic E-state index is -0.133. The quantitative estimate of drug-likeness (QED) is 0.691. The van der Waals surface area contributed by atoms with Gasteiger partial charge in [-0.15, -0.1) is 0 Å². The first-order chi connectivity index (χ1) is 10.8. The number of hydrogen-bond acceptors (Lipinski definition) is 4. The van der Waals surface area contributed by atoms with Crippen LogP contribution in [0.4, 0.5) is 0 Å². The molecule has 0 atom stereocenters. The third-order valence-electron chi connectivity index (χ3n) is 3.30. The molecular weight excluding hydrogens is 276 g/mol. The van der Waals surface area contributed by atoms with Crippen molar-refractivity contribution in [2.24, 2.45) is 0 Å². The number of hydrogen-bond donors (Lipinski definition) is 0. The molecule has 0 saturated heterocycles. The molecular formula is C18H14N2O2. The molecule has 0 aliphatic carbocycles. The Morgan fingerprint density at radius 3 is 2.36 bits per heavy atom. The van der Waals surface area contributed by atoms with Gasteiger partial charge in [-0.3, -0.25) is 14.8 Å². The van der Waals surface area contributed by atoms with E-state index in [4.69, 9.17) is 4.74 Å². The summed E-state index contributed by atoms with van der Waals surface area (Å²) < 4.78 is 5.36. The fourth-order valence-corrected chi connectivity index (χ4v) is 2.26. The van der Waals surface area contributed by atoms with Crippen LogP contribution in [0.3, 0.4) is 0 Å². The summed E-state index contributed by atoms with van der Waals surface area (Å²) in [5, 5.41) is 0. The predicted octanol–water partition coefficient (Wildman–Crippen LogP) is 3.38. The summed E-state index contributed by atoms with van der Waals surface area (Å²) in [7, 11) is 1.54. The maximum Gasteiger partial charge on any atom is 0.199 e. The maximum absolute atomic E-state index is 12.9. The molecule has 0 saturated carbocycles. The van der Waals surface area contributed by atoms with Gasteiger partial charge in [-0.1, -0.05) is 36.4 Å². The number of methoxy groups -OCH3 is 1. The van der Waals surface area contributed by atoms with Gasteiger partial charge in [0, 0.05) is 18.0 Å². The third-order valence-corrected chi connectivity index (χ3v) is 3.30. The van der Waals surface area contributed by atoms with Crippen LogP contribution >= 0.6 is 0 Å². The monoisotopic (exact) mass is 290 g/mol. The van der Waals surface area contributed by atoms with Crippen molar-refractivity contribution in [3.63, 3.8) is 0 Å². The largest absolute Gasteiger partial charge is 0.496 e. The van der Waals surface area contributed by atoms with Gasteiger partial charge in [-0.2, -0.15) is 0 Å². The van der Waals surface area contributed by atoms with Gasteiger partial charge < -0.3 is 4.74 Å². The zero-order valence-corrected chi connectivity index (χ0v) is 12.1. The molecule has 0 aliphatic heterocycles. The number of carbonyl (C=O) groups excluding carboxylic acids is 1. The third kappa shape index (κ3) is 2.59. The van der Waals surface area contributed by atoms with Gasteiger partial charge in [0.05, 0.1) is 18.4 Å². The number of ketones is 1. The highest BCUT2D eigenvalue weighted by atomic mass is 16.5. The summed E-state index contributed by atoms with van der Waals surface area (Å²) in [6, 6.07) is 16.3. The lowest BCUT2D eigenvalue weighted by molar-refractivity contribution is 0.103. The molecule has 0 fully saturated rings. The SMILES string of the molecule is COc1ccnc(-c2ccccn2)c1C(=O)c1ccccc1. The molecule has 3 aromatic rings. The van der Waals surface area contributed by atoms with E-state index in [1.807, 2.05) is 36.4 Å². The van der Waals surface area contributed by atoms with Gasteiger partial charge in [-0.25, -0.2) is 0 Å². The highest BCUT2D eigenvalue weighted by Crippen LogP contribution is 2.29. The van der Waals surface area contributed by atoms with Gasteiger partial charge in [0.25, 0.3) is 0 Å². The maximum atomic E-state index is 12.9. The van der Waals surface area contributed by atoms with Crippen molar-refractivity contribution in [3.8, 4) is 17.1 Å². The molecule has 0 N–H and O–H groups in total. The molecule has 2 aromatic heterocycles. The minimum Gasteiger partial charge on any atom is -0.496 e. The smallest absolute Gasteiger partial charge is 0.199 e.